The first-order valence-corrected chi connectivity index (χ1v) is 8.00. The van der Waals surface area contributed by atoms with E-state index >= 15 is 0 Å². The van der Waals surface area contributed by atoms with E-state index in [9.17, 15) is 5.11 Å². The second-order valence-corrected chi connectivity index (χ2v) is 6.36. The highest BCUT2D eigenvalue weighted by Crippen LogP contribution is 2.37. The highest BCUT2D eigenvalue weighted by molar-refractivity contribution is 7.80. The number of piperidine rings is 1. The average Bonchev–Trinajstić information content (AvgIpc) is 2.67. The predicted octanol–water partition coefficient (Wildman–Crippen LogP) is 2.69. The fourth-order valence-electron chi connectivity index (χ4n) is 3.79. The number of aliphatic hydroxyl groups is 1. The van der Waals surface area contributed by atoms with E-state index in [1.807, 2.05) is 0 Å². The Morgan fingerprint density at radius 1 is 1.16 bits per heavy atom. The van der Waals surface area contributed by atoms with Gasteiger partial charge in [-0.3, -0.25) is 4.90 Å². The summed E-state index contributed by atoms with van der Waals surface area (Å²) in [5.74, 6) is 1.39. The van der Waals surface area contributed by atoms with E-state index in [1.165, 1.54) is 18.4 Å². The van der Waals surface area contributed by atoms with Gasteiger partial charge in [-0.2, -0.15) is 12.6 Å². The molecule has 3 rings (SSSR count). The van der Waals surface area contributed by atoms with Crippen molar-refractivity contribution >= 4 is 12.6 Å². The molecule has 0 amide bonds. The van der Waals surface area contributed by atoms with Crippen LogP contribution in [0, 0.1) is 0 Å². The molecular weight excluding hydrogens is 254 g/mol. The molecule has 1 aromatic carbocycles. The fraction of sp³-hybridized carbons (Fsp3) is 0.625. The number of aliphatic hydroxyl groups excluding tert-OH is 1. The summed E-state index contributed by atoms with van der Waals surface area (Å²) in [6, 6.07) is 11.9. The molecule has 104 valence electrons. The maximum Gasteiger partial charge on any atom is 0.0570 e. The van der Waals surface area contributed by atoms with Gasteiger partial charge in [-0.05, 0) is 37.0 Å². The van der Waals surface area contributed by atoms with Gasteiger partial charge in [0.15, 0.2) is 0 Å². The highest BCUT2D eigenvalue weighted by Gasteiger charge is 2.40. The first kappa shape index (κ1) is 13.5. The normalized spacial score (nSPS) is 32.4. The molecule has 3 atom stereocenters. The van der Waals surface area contributed by atoms with Crippen molar-refractivity contribution in [1.82, 2.24) is 4.90 Å². The molecule has 3 heteroatoms. The molecule has 2 aliphatic heterocycles. The SMILES string of the molecule is OC1CC2CCC(C1)N2CC(CS)c1ccccc1. The maximum absolute atomic E-state index is 9.87. The van der Waals surface area contributed by atoms with Gasteiger partial charge in [-0.1, -0.05) is 30.3 Å². The number of benzene rings is 1. The van der Waals surface area contributed by atoms with Crippen LogP contribution in [-0.2, 0) is 0 Å². The van der Waals surface area contributed by atoms with Crippen LogP contribution in [0.1, 0.15) is 37.2 Å². The number of hydrogen-bond donors (Lipinski definition) is 2. The minimum absolute atomic E-state index is 0.0695. The summed E-state index contributed by atoms with van der Waals surface area (Å²) >= 11 is 4.55. The Hall–Kier alpha value is -0.510. The Kier molecular flexibility index (Phi) is 4.15. The number of fused-ring (bicyclic) bond motifs is 2. The molecule has 1 aromatic rings. The second-order valence-electron chi connectivity index (χ2n) is 6.00. The number of thiol groups is 1. The van der Waals surface area contributed by atoms with Crippen LogP contribution in [0.4, 0.5) is 0 Å². The topological polar surface area (TPSA) is 23.5 Å². The number of rotatable bonds is 4. The first-order chi connectivity index (χ1) is 9.28. The molecule has 0 aliphatic carbocycles. The van der Waals surface area contributed by atoms with E-state index in [0.717, 1.165) is 25.1 Å². The molecule has 3 unspecified atom stereocenters. The molecule has 2 bridgehead atoms. The predicted molar refractivity (Wildman–Crippen MR) is 81.8 cm³/mol. The Labute approximate surface area is 121 Å². The molecule has 0 spiro atoms. The van der Waals surface area contributed by atoms with E-state index in [4.69, 9.17) is 0 Å². The third-order valence-corrected chi connectivity index (χ3v) is 5.22. The average molecular weight is 277 g/mol. The summed E-state index contributed by atoms with van der Waals surface area (Å²) in [4.78, 5) is 2.64. The summed E-state index contributed by atoms with van der Waals surface area (Å²) < 4.78 is 0. The van der Waals surface area contributed by atoms with E-state index in [0.29, 0.717) is 18.0 Å². The monoisotopic (exact) mass is 277 g/mol. The lowest BCUT2D eigenvalue weighted by molar-refractivity contribution is 0.0332. The molecular formula is C16H23NOS. The standard InChI is InChI=1S/C16H23NOS/c18-16-8-14-6-7-15(9-16)17(14)10-13(11-19)12-4-2-1-3-5-12/h1-5,13-16,18-19H,6-11H2. The van der Waals surface area contributed by atoms with Crippen LogP contribution in [-0.4, -0.2) is 40.5 Å². The first-order valence-electron chi connectivity index (χ1n) is 7.37. The molecule has 2 fully saturated rings. The van der Waals surface area contributed by atoms with Gasteiger partial charge < -0.3 is 5.11 Å². The van der Waals surface area contributed by atoms with Crippen LogP contribution in [0.2, 0.25) is 0 Å². The summed E-state index contributed by atoms with van der Waals surface area (Å²) in [6.07, 6.45) is 4.38. The minimum Gasteiger partial charge on any atom is -0.393 e. The van der Waals surface area contributed by atoms with E-state index in [-0.39, 0.29) is 6.10 Å². The van der Waals surface area contributed by atoms with Gasteiger partial charge in [0.05, 0.1) is 6.10 Å². The Morgan fingerprint density at radius 3 is 2.37 bits per heavy atom. The number of nitrogens with zero attached hydrogens (tertiary/aromatic N) is 1. The zero-order valence-corrected chi connectivity index (χ0v) is 12.2. The van der Waals surface area contributed by atoms with Gasteiger partial charge in [0, 0.05) is 24.5 Å². The summed E-state index contributed by atoms with van der Waals surface area (Å²) in [5, 5.41) is 9.87. The lowest BCUT2D eigenvalue weighted by atomic mass is 9.95. The Balaban J connectivity index is 1.70. The molecule has 2 saturated heterocycles. The molecule has 2 heterocycles. The highest BCUT2D eigenvalue weighted by atomic mass is 32.1. The minimum atomic E-state index is -0.0695. The Morgan fingerprint density at radius 2 is 1.79 bits per heavy atom. The molecule has 2 aliphatic rings. The summed E-state index contributed by atoms with van der Waals surface area (Å²) in [6.45, 7) is 1.09. The lowest BCUT2D eigenvalue weighted by Gasteiger charge is -2.39. The van der Waals surface area contributed by atoms with Crippen LogP contribution < -0.4 is 0 Å². The van der Waals surface area contributed by atoms with E-state index in [1.54, 1.807) is 0 Å². The third kappa shape index (κ3) is 2.83. The van der Waals surface area contributed by atoms with Crippen molar-refractivity contribution in [1.29, 1.82) is 0 Å². The molecule has 0 aromatic heterocycles. The van der Waals surface area contributed by atoms with Crippen molar-refractivity contribution < 1.29 is 5.11 Å². The van der Waals surface area contributed by atoms with Gasteiger partial charge in [-0.25, -0.2) is 0 Å². The maximum atomic E-state index is 9.87. The van der Waals surface area contributed by atoms with Crippen molar-refractivity contribution in [2.75, 3.05) is 12.3 Å². The van der Waals surface area contributed by atoms with Crippen LogP contribution in [0.3, 0.4) is 0 Å². The quantitative estimate of drug-likeness (QED) is 0.827. The molecule has 1 N–H and O–H groups in total. The van der Waals surface area contributed by atoms with Crippen LogP contribution in [0.15, 0.2) is 30.3 Å². The fourth-order valence-corrected chi connectivity index (χ4v) is 4.12. The molecule has 0 saturated carbocycles. The zero-order valence-electron chi connectivity index (χ0n) is 11.3. The zero-order chi connectivity index (χ0) is 13.2. The summed E-state index contributed by atoms with van der Waals surface area (Å²) in [7, 11) is 0. The van der Waals surface area contributed by atoms with Crippen molar-refractivity contribution in [2.45, 2.75) is 49.8 Å². The van der Waals surface area contributed by atoms with Gasteiger partial charge in [-0.15, -0.1) is 0 Å². The van der Waals surface area contributed by atoms with Crippen LogP contribution in [0.5, 0.6) is 0 Å². The largest absolute Gasteiger partial charge is 0.393 e. The van der Waals surface area contributed by atoms with E-state index in [2.05, 4.69) is 47.9 Å². The van der Waals surface area contributed by atoms with Crippen molar-refractivity contribution in [3.8, 4) is 0 Å². The van der Waals surface area contributed by atoms with Crippen molar-refractivity contribution in [3.05, 3.63) is 35.9 Å². The smallest absolute Gasteiger partial charge is 0.0570 e. The summed E-state index contributed by atoms with van der Waals surface area (Å²) in [5.41, 5.74) is 1.39. The van der Waals surface area contributed by atoms with Gasteiger partial charge in [0.2, 0.25) is 0 Å². The Bertz CT molecular complexity index is 396. The van der Waals surface area contributed by atoms with Crippen molar-refractivity contribution in [3.63, 3.8) is 0 Å². The lowest BCUT2D eigenvalue weighted by Crippen LogP contribution is -2.46. The molecule has 0 radical (unpaired) electrons. The second kappa shape index (κ2) is 5.86. The van der Waals surface area contributed by atoms with Gasteiger partial charge >= 0.3 is 0 Å². The van der Waals surface area contributed by atoms with Gasteiger partial charge in [0.1, 0.15) is 0 Å². The van der Waals surface area contributed by atoms with Crippen LogP contribution in [0.25, 0.3) is 0 Å². The number of hydrogen-bond acceptors (Lipinski definition) is 3. The molecule has 2 nitrogen and oxygen atoms in total. The molecule has 19 heavy (non-hydrogen) atoms. The van der Waals surface area contributed by atoms with Crippen LogP contribution >= 0.6 is 12.6 Å². The van der Waals surface area contributed by atoms with Crippen molar-refractivity contribution in [2.24, 2.45) is 0 Å². The van der Waals surface area contributed by atoms with Gasteiger partial charge in [0.25, 0.3) is 0 Å². The van der Waals surface area contributed by atoms with E-state index < -0.39 is 0 Å². The third-order valence-electron chi connectivity index (χ3n) is 4.78.